The minimum Gasteiger partial charge on any atom is -0.384 e. The topological polar surface area (TPSA) is 38.9 Å². The van der Waals surface area contributed by atoms with E-state index in [0.717, 1.165) is 12.8 Å². The van der Waals surface area contributed by atoms with Gasteiger partial charge in [-0.2, -0.15) is 4.39 Å². The molecule has 2 N–H and O–H groups in total. The maximum atomic E-state index is 13.4. The molecule has 1 heterocycles. The number of anilines is 1. The summed E-state index contributed by atoms with van der Waals surface area (Å²) in [6, 6.07) is 3.43. The highest BCUT2D eigenvalue weighted by Gasteiger charge is 2.36. The van der Waals surface area contributed by atoms with E-state index in [9.17, 15) is 4.39 Å². The van der Waals surface area contributed by atoms with Crippen LogP contribution in [0.1, 0.15) is 31.7 Å². The second-order valence-corrected chi connectivity index (χ2v) is 3.99. The van der Waals surface area contributed by atoms with Gasteiger partial charge in [-0.05, 0) is 24.3 Å². The largest absolute Gasteiger partial charge is 0.384 e. The Hall–Kier alpha value is -1.12. The molecule has 1 aromatic heterocycles. The van der Waals surface area contributed by atoms with Crippen LogP contribution in [-0.2, 0) is 5.41 Å². The molecule has 3 heteroatoms. The summed E-state index contributed by atoms with van der Waals surface area (Å²) in [6.07, 6.45) is 3.28. The summed E-state index contributed by atoms with van der Waals surface area (Å²) in [4.78, 5) is 3.63. The molecule has 2 nitrogen and oxygen atoms in total. The van der Waals surface area contributed by atoms with Crippen LogP contribution in [-0.4, -0.2) is 4.98 Å². The van der Waals surface area contributed by atoms with Gasteiger partial charge >= 0.3 is 0 Å². The van der Waals surface area contributed by atoms with Crippen molar-refractivity contribution in [3.8, 4) is 0 Å². The molecule has 70 valence electrons. The van der Waals surface area contributed by atoms with Gasteiger partial charge < -0.3 is 5.73 Å². The molecule has 0 aliphatic heterocycles. The molecular weight excluding hydrogens is 167 g/mol. The Balaban J connectivity index is 2.40. The van der Waals surface area contributed by atoms with Crippen LogP contribution >= 0.6 is 0 Å². The lowest BCUT2D eigenvalue weighted by Gasteiger charge is -2.38. The summed E-state index contributed by atoms with van der Waals surface area (Å²) in [5.74, 6) is -0.147. The Kier molecular flexibility index (Phi) is 1.75. The number of nitrogens with two attached hydrogens (primary N) is 1. The number of pyridine rings is 1. The average molecular weight is 180 g/mol. The van der Waals surface area contributed by atoms with Crippen molar-refractivity contribution in [1.29, 1.82) is 0 Å². The van der Waals surface area contributed by atoms with E-state index in [4.69, 9.17) is 5.73 Å². The van der Waals surface area contributed by atoms with Crippen molar-refractivity contribution in [3.05, 3.63) is 23.6 Å². The molecule has 0 atom stereocenters. The zero-order valence-electron chi connectivity index (χ0n) is 7.68. The normalized spacial score (nSPS) is 19.5. The molecule has 0 saturated heterocycles. The van der Waals surface area contributed by atoms with E-state index in [2.05, 4.69) is 11.9 Å². The zero-order chi connectivity index (χ0) is 9.47. The summed E-state index contributed by atoms with van der Waals surface area (Å²) in [7, 11) is 0. The first-order valence-corrected chi connectivity index (χ1v) is 4.54. The van der Waals surface area contributed by atoms with Crippen molar-refractivity contribution in [2.24, 2.45) is 0 Å². The standard InChI is InChI=1S/C10H13FN2/c1-10(5-2-6-10)7-3-4-8(12)13-9(7)11/h3-4H,2,5-6H2,1H3,(H2,12,13). The second-order valence-electron chi connectivity index (χ2n) is 3.99. The van der Waals surface area contributed by atoms with E-state index < -0.39 is 5.95 Å². The highest BCUT2D eigenvalue weighted by molar-refractivity contribution is 5.34. The Bertz CT molecular complexity index is 332. The Labute approximate surface area is 77.0 Å². The van der Waals surface area contributed by atoms with Crippen molar-refractivity contribution < 1.29 is 4.39 Å². The Morgan fingerprint density at radius 1 is 1.46 bits per heavy atom. The van der Waals surface area contributed by atoms with E-state index in [1.165, 1.54) is 6.42 Å². The van der Waals surface area contributed by atoms with Crippen molar-refractivity contribution in [1.82, 2.24) is 4.98 Å². The minimum absolute atomic E-state index is 0.00475. The molecule has 1 aliphatic carbocycles. The molecule has 1 saturated carbocycles. The number of halogens is 1. The third-order valence-electron chi connectivity index (χ3n) is 2.98. The lowest BCUT2D eigenvalue weighted by Crippen LogP contribution is -2.31. The lowest BCUT2D eigenvalue weighted by atomic mass is 9.66. The van der Waals surface area contributed by atoms with E-state index in [0.29, 0.717) is 5.56 Å². The third kappa shape index (κ3) is 1.28. The number of nitrogens with zero attached hydrogens (tertiary/aromatic N) is 1. The first kappa shape index (κ1) is 8.48. The lowest BCUT2D eigenvalue weighted by molar-refractivity contribution is 0.260. The number of rotatable bonds is 1. The quantitative estimate of drug-likeness (QED) is 0.673. The molecule has 0 bridgehead atoms. The fourth-order valence-corrected chi connectivity index (χ4v) is 1.87. The molecule has 1 fully saturated rings. The highest BCUT2D eigenvalue weighted by atomic mass is 19.1. The minimum atomic E-state index is -0.401. The number of aromatic nitrogens is 1. The summed E-state index contributed by atoms with van der Waals surface area (Å²) in [6.45, 7) is 2.08. The smallest absolute Gasteiger partial charge is 0.218 e. The van der Waals surface area contributed by atoms with Crippen molar-refractivity contribution in [2.45, 2.75) is 31.6 Å². The van der Waals surface area contributed by atoms with Gasteiger partial charge in [0, 0.05) is 5.56 Å². The van der Waals surface area contributed by atoms with E-state index >= 15 is 0 Å². The maximum Gasteiger partial charge on any atom is 0.218 e. The zero-order valence-corrected chi connectivity index (χ0v) is 7.68. The van der Waals surface area contributed by atoms with E-state index in [1.807, 2.05) is 0 Å². The fraction of sp³-hybridized carbons (Fsp3) is 0.500. The van der Waals surface area contributed by atoms with Crippen molar-refractivity contribution in [3.63, 3.8) is 0 Å². The van der Waals surface area contributed by atoms with Gasteiger partial charge in [-0.1, -0.05) is 19.4 Å². The van der Waals surface area contributed by atoms with Gasteiger partial charge in [0.1, 0.15) is 5.82 Å². The first-order valence-electron chi connectivity index (χ1n) is 4.54. The number of hydrogen-bond acceptors (Lipinski definition) is 2. The SMILES string of the molecule is CC1(c2ccc(N)nc2F)CCC1. The van der Waals surface area contributed by atoms with Gasteiger partial charge in [-0.15, -0.1) is 0 Å². The van der Waals surface area contributed by atoms with Crippen LogP contribution in [0.25, 0.3) is 0 Å². The van der Waals surface area contributed by atoms with Crippen LogP contribution in [0.15, 0.2) is 12.1 Å². The van der Waals surface area contributed by atoms with Crippen LogP contribution in [0.2, 0.25) is 0 Å². The molecule has 0 radical (unpaired) electrons. The molecule has 1 aliphatic rings. The second kappa shape index (κ2) is 2.69. The Morgan fingerprint density at radius 2 is 2.15 bits per heavy atom. The monoisotopic (exact) mass is 180 g/mol. The summed E-state index contributed by atoms with van der Waals surface area (Å²) < 4.78 is 13.4. The van der Waals surface area contributed by atoms with Crippen molar-refractivity contribution >= 4 is 5.82 Å². The van der Waals surface area contributed by atoms with E-state index in [-0.39, 0.29) is 11.2 Å². The first-order chi connectivity index (χ1) is 6.12. The van der Waals surface area contributed by atoms with Gasteiger partial charge in [0.2, 0.25) is 5.95 Å². The summed E-state index contributed by atoms with van der Waals surface area (Å²) >= 11 is 0. The van der Waals surface area contributed by atoms with Gasteiger partial charge in [0.15, 0.2) is 0 Å². The predicted molar refractivity (Wildman–Crippen MR) is 49.8 cm³/mol. The van der Waals surface area contributed by atoms with Crippen LogP contribution in [0, 0.1) is 5.95 Å². The molecule has 0 spiro atoms. The third-order valence-corrected chi connectivity index (χ3v) is 2.98. The van der Waals surface area contributed by atoms with Gasteiger partial charge in [-0.3, -0.25) is 0 Å². The van der Waals surface area contributed by atoms with Crippen molar-refractivity contribution in [2.75, 3.05) is 5.73 Å². The van der Waals surface area contributed by atoms with Gasteiger partial charge in [0.25, 0.3) is 0 Å². The highest BCUT2D eigenvalue weighted by Crippen LogP contribution is 2.43. The van der Waals surface area contributed by atoms with E-state index in [1.54, 1.807) is 12.1 Å². The van der Waals surface area contributed by atoms with Crippen LogP contribution in [0.5, 0.6) is 0 Å². The molecular formula is C10H13FN2. The number of nitrogen functional groups attached to an aromatic ring is 1. The van der Waals surface area contributed by atoms with Gasteiger partial charge in [0.05, 0.1) is 0 Å². The molecule has 0 aromatic carbocycles. The van der Waals surface area contributed by atoms with Crippen LogP contribution in [0.4, 0.5) is 10.2 Å². The predicted octanol–water partition coefficient (Wildman–Crippen LogP) is 2.24. The fourth-order valence-electron chi connectivity index (χ4n) is 1.87. The molecule has 13 heavy (non-hydrogen) atoms. The molecule has 0 amide bonds. The molecule has 0 unspecified atom stereocenters. The summed E-state index contributed by atoms with van der Waals surface area (Å²) in [5.41, 5.74) is 6.10. The van der Waals surface area contributed by atoms with Crippen LogP contribution < -0.4 is 5.73 Å². The summed E-state index contributed by atoms with van der Waals surface area (Å²) in [5, 5.41) is 0. The molecule has 2 rings (SSSR count). The average Bonchev–Trinajstić information content (AvgIpc) is 2.00. The van der Waals surface area contributed by atoms with Crippen LogP contribution in [0.3, 0.4) is 0 Å². The number of hydrogen-bond donors (Lipinski definition) is 1. The Morgan fingerprint density at radius 3 is 2.62 bits per heavy atom. The van der Waals surface area contributed by atoms with Gasteiger partial charge in [-0.25, -0.2) is 4.98 Å². The molecule has 1 aromatic rings. The maximum absolute atomic E-state index is 13.4.